The molecule has 1 fully saturated rings. The molecule has 6 nitrogen and oxygen atoms in total. The topological polar surface area (TPSA) is 65.5 Å². The van der Waals surface area contributed by atoms with Crippen LogP contribution in [0.15, 0.2) is 72.9 Å². The first kappa shape index (κ1) is 19.6. The zero-order valence-electron chi connectivity index (χ0n) is 16.3. The Balaban J connectivity index is 1.33. The second kappa shape index (κ2) is 8.73. The number of pyridine rings is 1. The Labute approximate surface area is 174 Å². The van der Waals surface area contributed by atoms with Crippen LogP contribution < -0.4 is 10.2 Å². The first-order valence-corrected chi connectivity index (χ1v) is 9.72. The second-order valence-electron chi connectivity index (χ2n) is 7.00. The number of benzene rings is 2. The summed E-state index contributed by atoms with van der Waals surface area (Å²) in [6, 6.07) is 18.4. The van der Waals surface area contributed by atoms with Gasteiger partial charge in [-0.1, -0.05) is 6.07 Å². The fraction of sp³-hybridized carbons (Fsp3) is 0.174. The lowest BCUT2D eigenvalue weighted by molar-refractivity contribution is 0.0746. The molecule has 0 atom stereocenters. The van der Waals surface area contributed by atoms with E-state index >= 15 is 0 Å². The van der Waals surface area contributed by atoms with Gasteiger partial charge in [-0.05, 0) is 60.7 Å². The summed E-state index contributed by atoms with van der Waals surface area (Å²) in [5, 5.41) is 2.83. The van der Waals surface area contributed by atoms with Crippen molar-refractivity contribution in [3.63, 3.8) is 0 Å². The highest BCUT2D eigenvalue weighted by Gasteiger charge is 2.22. The van der Waals surface area contributed by atoms with Gasteiger partial charge in [0.25, 0.3) is 11.8 Å². The first-order chi connectivity index (χ1) is 14.6. The molecular formula is C23H21FN4O2. The van der Waals surface area contributed by atoms with Crippen molar-refractivity contribution in [3.8, 4) is 0 Å². The zero-order chi connectivity index (χ0) is 20.9. The molecule has 3 aromatic rings. The molecule has 1 aliphatic rings. The van der Waals surface area contributed by atoms with E-state index in [4.69, 9.17) is 0 Å². The molecule has 2 aromatic carbocycles. The van der Waals surface area contributed by atoms with E-state index in [9.17, 15) is 14.0 Å². The van der Waals surface area contributed by atoms with Crippen molar-refractivity contribution in [2.45, 2.75) is 0 Å². The molecule has 7 heteroatoms. The molecule has 4 rings (SSSR count). The predicted octanol–water partition coefficient (Wildman–Crippen LogP) is 3.44. The third kappa shape index (κ3) is 4.46. The van der Waals surface area contributed by atoms with Crippen molar-refractivity contribution < 1.29 is 14.0 Å². The lowest BCUT2D eigenvalue weighted by Crippen LogP contribution is -2.48. The Morgan fingerprint density at radius 2 is 1.57 bits per heavy atom. The van der Waals surface area contributed by atoms with E-state index in [0.717, 1.165) is 5.69 Å². The van der Waals surface area contributed by atoms with Crippen molar-refractivity contribution in [1.82, 2.24) is 9.88 Å². The number of carbonyl (C=O) groups is 2. The van der Waals surface area contributed by atoms with Crippen LogP contribution in [-0.2, 0) is 0 Å². The molecule has 0 spiro atoms. The van der Waals surface area contributed by atoms with Gasteiger partial charge in [-0.3, -0.25) is 14.6 Å². The maximum Gasteiger partial charge on any atom is 0.274 e. The Hall–Kier alpha value is -3.74. The highest BCUT2D eigenvalue weighted by molar-refractivity contribution is 6.02. The van der Waals surface area contributed by atoms with E-state index < -0.39 is 0 Å². The molecule has 1 aliphatic heterocycles. The van der Waals surface area contributed by atoms with E-state index in [2.05, 4.69) is 15.2 Å². The van der Waals surface area contributed by atoms with Crippen molar-refractivity contribution in [3.05, 3.63) is 90.0 Å². The minimum Gasteiger partial charge on any atom is -0.368 e. The van der Waals surface area contributed by atoms with Crippen LogP contribution >= 0.6 is 0 Å². The number of carbonyl (C=O) groups excluding carboxylic acids is 2. The molecule has 2 amide bonds. The van der Waals surface area contributed by atoms with E-state index in [1.807, 2.05) is 24.3 Å². The Bertz CT molecular complexity index is 1020. The molecule has 0 unspecified atom stereocenters. The molecular weight excluding hydrogens is 383 g/mol. The van der Waals surface area contributed by atoms with E-state index in [1.54, 1.807) is 29.3 Å². The van der Waals surface area contributed by atoms with Gasteiger partial charge in [0.05, 0.1) is 0 Å². The first-order valence-electron chi connectivity index (χ1n) is 9.72. The van der Waals surface area contributed by atoms with E-state index in [1.165, 1.54) is 24.3 Å². The van der Waals surface area contributed by atoms with Gasteiger partial charge in [-0.15, -0.1) is 0 Å². The van der Waals surface area contributed by atoms with Gasteiger partial charge in [0, 0.05) is 49.3 Å². The molecule has 0 radical (unpaired) electrons. The third-order valence-corrected chi connectivity index (χ3v) is 5.05. The number of amides is 2. The maximum atomic E-state index is 13.1. The summed E-state index contributed by atoms with van der Waals surface area (Å²) in [6.45, 7) is 2.59. The third-order valence-electron chi connectivity index (χ3n) is 5.05. The SMILES string of the molecule is O=C(Nc1ccc(N2CCN(C(=O)c3ccc(F)cc3)CC2)cc1)c1ccccn1. The van der Waals surface area contributed by atoms with Crippen LogP contribution in [0.2, 0.25) is 0 Å². The van der Waals surface area contributed by atoms with Crippen molar-refractivity contribution in [2.75, 3.05) is 36.4 Å². The number of hydrogen-bond donors (Lipinski definition) is 1. The molecule has 0 saturated carbocycles. The van der Waals surface area contributed by atoms with Gasteiger partial charge in [-0.25, -0.2) is 4.39 Å². The fourth-order valence-corrected chi connectivity index (χ4v) is 3.39. The minimum atomic E-state index is -0.351. The number of nitrogens with zero attached hydrogens (tertiary/aromatic N) is 3. The molecule has 1 saturated heterocycles. The summed E-state index contributed by atoms with van der Waals surface area (Å²) in [6.07, 6.45) is 1.58. The van der Waals surface area contributed by atoms with E-state index in [0.29, 0.717) is 43.1 Å². The van der Waals surface area contributed by atoms with E-state index in [-0.39, 0.29) is 17.6 Å². The van der Waals surface area contributed by atoms with Gasteiger partial charge < -0.3 is 15.1 Å². The van der Waals surface area contributed by atoms with Crippen LogP contribution in [-0.4, -0.2) is 47.9 Å². The standard InChI is InChI=1S/C23H21FN4O2/c24-18-6-4-17(5-7-18)23(30)28-15-13-27(14-16-28)20-10-8-19(9-11-20)26-22(29)21-3-1-2-12-25-21/h1-12H,13-16H2,(H,26,29). The minimum absolute atomic E-state index is 0.0813. The average Bonchev–Trinajstić information content (AvgIpc) is 2.80. The van der Waals surface area contributed by atoms with Crippen LogP contribution in [0.5, 0.6) is 0 Å². The van der Waals surface area contributed by atoms with Crippen LogP contribution in [0.25, 0.3) is 0 Å². The molecule has 2 heterocycles. The average molecular weight is 404 g/mol. The number of anilines is 2. The fourth-order valence-electron chi connectivity index (χ4n) is 3.39. The summed E-state index contributed by atoms with van der Waals surface area (Å²) < 4.78 is 13.1. The number of aromatic nitrogens is 1. The quantitative estimate of drug-likeness (QED) is 0.724. The number of nitrogens with one attached hydrogen (secondary N) is 1. The summed E-state index contributed by atoms with van der Waals surface area (Å²) in [5.74, 6) is -0.686. The van der Waals surface area contributed by atoms with Crippen molar-refractivity contribution >= 4 is 23.2 Å². The maximum absolute atomic E-state index is 13.1. The van der Waals surface area contributed by atoms with Gasteiger partial charge in [-0.2, -0.15) is 0 Å². The molecule has 0 bridgehead atoms. The molecule has 30 heavy (non-hydrogen) atoms. The summed E-state index contributed by atoms with van der Waals surface area (Å²) in [5.41, 5.74) is 2.58. The van der Waals surface area contributed by atoms with Crippen LogP contribution in [0.3, 0.4) is 0 Å². The largest absolute Gasteiger partial charge is 0.368 e. The van der Waals surface area contributed by atoms with Gasteiger partial charge in [0.15, 0.2) is 0 Å². The van der Waals surface area contributed by atoms with Gasteiger partial charge in [0.2, 0.25) is 0 Å². The lowest BCUT2D eigenvalue weighted by atomic mass is 10.1. The Morgan fingerprint density at radius 1 is 0.867 bits per heavy atom. The van der Waals surface area contributed by atoms with Crippen LogP contribution in [0, 0.1) is 5.82 Å². The smallest absolute Gasteiger partial charge is 0.274 e. The number of piperazine rings is 1. The monoisotopic (exact) mass is 404 g/mol. The molecule has 1 N–H and O–H groups in total. The second-order valence-corrected chi connectivity index (χ2v) is 7.00. The van der Waals surface area contributed by atoms with Gasteiger partial charge in [0.1, 0.15) is 11.5 Å². The summed E-state index contributed by atoms with van der Waals surface area (Å²) in [7, 11) is 0. The summed E-state index contributed by atoms with van der Waals surface area (Å²) >= 11 is 0. The Kier molecular flexibility index (Phi) is 5.70. The normalized spacial score (nSPS) is 13.8. The van der Waals surface area contributed by atoms with Crippen LogP contribution in [0.4, 0.5) is 15.8 Å². The number of hydrogen-bond acceptors (Lipinski definition) is 4. The molecule has 152 valence electrons. The number of rotatable bonds is 4. The zero-order valence-corrected chi connectivity index (χ0v) is 16.3. The highest BCUT2D eigenvalue weighted by Crippen LogP contribution is 2.20. The van der Waals surface area contributed by atoms with Crippen molar-refractivity contribution in [1.29, 1.82) is 0 Å². The number of halogens is 1. The highest BCUT2D eigenvalue weighted by atomic mass is 19.1. The van der Waals surface area contributed by atoms with Gasteiger partial charge >= 0.3 is 0 Å². The van der Waals surface area contributed by atoms with Crippen molar-refractivity contribution in [2.24, 2.45) is 0 Å². The van der Waals surface area contributed by atoms with Crippen LogP contribution in [0.1, 0.15) is 20.8 Å². The molecule has 1 aromatic heterocycles. The Morgan fingerprint density at radius 3 is 2.20 bits per heavy atom. The lowest BCUT2D eigenvalue weighted by Gasteiger charge is -2.36. The predicted molar refractivity (Wildman–Crippen MR) is 113 cm³/mol. The summed E-state index contributed by atoms with van der Waals surface area (Å²) in [4.78, 5) is 32.8. The molecule has 0 aliphatic carbocycles.